The molecule has 0 aromatic carbocycles. The van der Waals surface area contributed by atoms with Gasteiger partial charge in [-0.25, -0.2) is 0 Å². The molecule has 0 spiro atoms. The molecule has 15 heavy (non-hydrogen) atoms. The maximum absolute atomic E-state index is 9.70. The maximum Gasteiger partial charge on any atom is 0.0544 e. The number of aliphatic hydroxyl groups is 1. The second kappa shape index (κ2) is 7.85. The van der Waals surface area contributed by atoms with Gasteiger partial charge in [0.25, 0.3) is 0 Å². The molecule has 0 aliphatic heterocycles. The van der Waals surface area contributed by atoms with Gasteiger partial charge in [0, 0.05) is 13.2 Å². The van der Waals surface area contributed by atoms with Gasteiger partial charge in [-0.15, -0.1) is 0 Å². The van der Waals surface area contributed by atoms with Crippen molar-refractivity contribution in [1.82, 2.24) is 0 Å². The lowest BCUT2D eigenvalue weighted by molar-refractivity contribution is 0.110. The molecule has 0 fully saturated rings. The highest BCUT2D eigenvalue weighted by Gasteiger charge is 2.04. The molecule has 1 heterocycles. The number of hydrogen-bond acceptors (Lipinski definition) is 3. The zero-order chi connectivity index (χ0) is 10.9. The molecule has 1 N–H and O–H groups in total. The van der Waals surface area contributed by atoms with Crippen molar-refractivity contribution in [3.05, 3.63) is 22.4 Å². The van der Waals surface area contributed by atoms with E-state index >= 15 is 0 Å². The summed E-state index contributed by atoms with van der Waals surface area (Å²) < 4.78 is 5.22. The van der Waals surface area contributed by atoms with E-state index in [2.05, 4.69) is 16.8 Å². The molecule has 86 valence electrons. The van der Waals surface area contributed by atoms with E-state index < -0.39 is 0 Å². The van der Waals surface area contributed by atoms with Gasteiger partial charge < -0.3 is 9.84 Å². The number of aliphatic hydroxyl groups excluding tert-OH is 1. The normalized spacial score (nSPS) is 12.9. The van der Waals surface area contributed by atoms with Crippen LogP contribution in [-0.2, 0) is 11.2 Å². The number of hydrogen-bond donors (Lipinski definition) is 1. The number of aryl methyl sites for hydroxylation is 1. The molecule has 0 amide bonds. The second-order valence-electron chi connectivity index (χ2n) is 3.66. The van der Waals surface area contributed by atoms with Crippen LogP contribution in [0.1, 0.15) is 31.7 Å². The highest BCUT2D eigenvalue weighted by Crippen LogP contribution is 2.11. The first-order chi connectivity index (χ1) is 7.33. The summed E-state index contributed by atoms with van der Waals surface area (Å²) in [6.45, 7) is 3.53. The smallest absolute Gasteiger partial charge is 0.0544 e. The van der Waals surface area contributed by atoms with Gasteiger partial charge in [-0.05, 0) is 55.0 Å². The zero-order valence-electron chi connectivity index (χ0n) is 9.32. The lowest BCUT2D eigenvalue weighted by Gasteiger charge is -2.09. The van der Waals surface area contributed by atoms with Gasteiger partial charge in [-0.1, -0.05) is 0 Å². The average Bonchev–Trinajstić information content (AvgIpc) is 2.74. The predicted molar refractivity (Wildman–Crippen MR) is 64.4 cm³/mol. The van der Waals surface area contributed by atoms with Gasteiger partial charge in [0.05, 0.1) is 6.10 Å². The molecular weight excluding hydrogens is 208 g/mol. The van der Waals surface area contributed by atoms with E-state index in [9.17, 15) is 5.11 Å². The van der Waals surface area contributed by atoms with Crippen molar-refractivity contribution in [2.75, 3.05) is 13.2 Å². The fourth-order valence-corrected chi connectivity index (χ4v) is 2.18. The van der Waals surface area contributed by atoms with Crippen molar-refractivity contribution in [2.24, 2.45) is 0 Å². The molecule has 0 saturated carbocycles. The van der Waals surface area contributed by atoms with E-state index in [1.807, 2.05) is 6.92 Å². The summed E-state index contributed by atoms with van der Waals surface area (Å²) in [5, 5.41) is 13.9. The van der Waals surface area contributed by atoms with Crippen LogP contribution in [0.25, 0.3) is 0 Å². The molecule has 1 atom stereocenters. The molecule has 1 aromatic rings. The Morgan fingerprint density at radius 3 is 3.00 bits per heavy atom. The highest BCUT2D eigenvalue weighted by atomic mass is 32.1. The SMILES string of the molecule is CCOCCCC(O)CCc1ccsc1. The van der Waals surface area contributed by atoms with Crippen LogP contribution in [0.5, 0.6) is 0 Å². The zero-order valence-corrected chi connectivity index (χ0v) is 10.1. The molecule has 0 aliphatic rings. The van der Waals surface area contributed by atoms with Crippen LogP contribution >= 0.6 is 11.3 Å². The summed E-state index contributed by atoms with van der Waals surface area (Å²) in [5.74, 6) is 0. The first-order valence-corrected chi connectivity index (χ1v) is 6.54. The van der Waals surface area contributed by atoms with Crippen molar-refractivity contribution in [3.63, 3.8) is 0 Å². The maximum atomic E-state index is 9.70. The van der Waals surface area contributed by atoms with E-state index in [1.54, 1.807) is 11.3 Å². The van der Waals surface area contributed by atoms with Crippen LogP contribution < -0.4 is 0 Å². The predicted octanol–water partition coefficient (Wildman–Crippen LogP) is 2.86. The third-order valence-corrected chi connectivity index (χ3v) is 3.11. The second-order valence-corrected chi connectivity index (χ2v) is 4.44. The first-order valence-electron chi connectivity index (χ1n) is 5.59. The minimum Gasteiger partial charge on any atom is -0.393 e. The van der Waals surface area contributed by atoms with Crippen molar-refractivity contribution in [2.45, 2.75) is 38.7 Å². The Morgan fingerprint density at radius 1 is 1.47 bits per heavy atom. The molecular formula is C12H20O2S. The number of thiophene rings is 1. The molecule has 1 rings (SSSR count). The van der Waals surface area contributed by atoms with E-state index in [4.69, 9.17) is 4.74 Å². The van der Waals surface area contributed by atoms with Crippen molar-refractivity contribution in [1.29, 1.82) is 0 Å². The fraction of sp³-hybridized carbons (Fsp3) is 0.667. The summed E-state index contributed by atoms with van der Waals surface area (Å²) >= 11 is 1.71. The van der Waals surface area contributed by atoms with Crippen LogP contribution in [0.15, 0.2) is 16.8 Å². The summed E-state index contributed by atoms with van der Waals surface area (Å²) in [4.78, 5) is 0. The Kier molecular flexibility index (Phi) is 6.64. The van der Waals surface area contributed by atoms with E-state index in [0.717, 1.165) is 38.9 Å². The monoisotopic (exact) mass is 228 g/mol. The Morgan fingerprint density at radius 2 is 2.33 bits per heavy atom. The van der Waals surface area contributed by atoms with Crippen LogP contribution in [0.3, 0.4) is 0 Å². The summed E-state index contributed by atoms with van der Waals surface area (Å²) in [5.41, 5.74) is 1.34. The van der Waals surface area contributed by atoms with Gasteiger partial charge >= 0.3 is 0 Å². The molecule has 0 bridgehead atoms. The Hall–Kier alpha value is -0.380. The van der Waals surface area contributed by atoms with E-state index in [-0.39, 0.29) is 6.10 Å². The highest BCUT2D eigenvalue weighted by molar-refractivity contribution is 7.07. The minimum atomic E-state index is -0.176. The molecule has 0 aliphatic carbocycles. The van der Waals surface area contributed by atoms with Crippen LogP contribution in [0.2, 0.25) is 0 Å². The molecule has 3 heteroatoms. The standard InChI is InChI=1S/C12H20O2S/c1-2-14-8-3-4-12(13)6-5-11-7-9-15-10-11/h7,9-10,12-13H,2-6,8H2,1H3. The third-order valence-electron chi connectivity index (χ3n) is 2.38. The van der Waals surface area contributed by atoms with E-state index in [0.29, 0.717) is 0 Å². The molecule has 2 nitrogen and oxygen atoms in total. The number of ether oxygens (including phenoxy) is 1. The van der Waals surface area contributed by atoms with Crippen molar-refractivity contribution >= 4 is 11.3 Å². The van der Waals surface area contributed by atoms with Crippen molar-refractivity contribution < 1.29 is 9.84 Å². The molecule has 0 radical (unpaired) electrons. The summed E-state index contributed by atoms with van der Waals surface area (Å²) in [6.07, 6.45) is 3.48. The van der Waals surface area contributed by atoms with E-state index in [1.165, 1.54) is 5.56 Å². The fourth-order valence-electron chi connectivity index (χ4n) is 1.48. The Balaban J connectivity index is 2.01. The molecule has 1 unspecified atom stereocenters. The third kappa shape index (κ3) is 5.92. The average molecular weight is 228 g/mol. The molecule has 1 aromatic heterocycles. The van der Waals surface area contributed by atoms with Crippen molar-refractivity contribution in [3.8, 4) is 0 Å². The lowest BCUT2D eigenvalue weighted by atomic mass is 10.1. The van der Waals surface area contributed by atoms with Gasteiger partial charge in [0.1, 0.15) is 0 Å². The van der Waals surface area contributed by atoms with Gasteiger partial charge in [-0.3, -0.25) is 0 Å². The Bertz CT molecular complexity index is 234. The Labute approximate surface area is 95.9 Å². The molecule has 0 saturated heterocycles. The van der Waals surface area contributed by atoms with Crippen LogP contribution in [0.4, 0.5) is 0 Å². The summed E-state index contributed by atoms with van der Waals surface area (Å²) in [6, 6.07) is 2.12. The topological polar surface area (TPSA) is 29.5 Å². The first kappa shape index (κ1) is 12.7. The summed E-state index contributed by atoms with van der Waals surface area (Å²) in [7, 11) is 0. The van der Waals surface area contributed by atoms with Gasteiger partial charge in [0.15, 0.2) is 0 Å². The van der Waals surface area contributed by atoms with Crippen LogP contribution in [0, 0.1) is 0 Å². The quantitative estimate of drug-likeness (QED) is 0.693. The largest absolute Gasteiger partial charge is 0.393 e. The minimum absolute atomic E-state index is 0.176. The van der Waals surface area contributed by atoms with Gasteiger partial charge in [0.2, 0.25) is 0 Å². The lowest BCUT2D eigenvalue weighted by Crippen LogP contribution is -2.09. The van der Waals surface area contributed by atoms with Gasteiger partial charge in [-0.2, -0.15) is 11.3 Å². The van der Waals surface area contributed by atoms with Crippen LogP contribution in [-0.4, -0.2) is 24.4 Å². The number of rotatable bonds is 8.